The van der Waals surface area contributed by atoms with Gasteiger partial charge >= 0.3 is 0 Å². The zero-order chi connectivity index (χ0) is 20.3. The second-order valence-electron chi connectivity index (χ2n) is 7.72. The highest BCUT2D eigenvalue weighted by atomic mass is 32.1. The van der Waals surface area contributed by atoms with Crippen molar-refractivity contribution < 1.29 is 0 Å². The molecule has 1 atom stereocenters. The number of nitriles is 1. The number of benzene rings is 1. The predicted molar refractivity (Wildman–Crippen MR) is 120 cm³/mol. The Labute approximate surface area is 179 Å². The van der Waals surface area contributed by atoms with Crippen molar-refractivity contribution in [1.29, 1.82) is 5.26 Å². The summed E-state index contributed by atoms with van der Waals surface area (Å²) in [6.45, 7) is 3.14. The van der Waals surface area contributed by atoms with Gasteiger partial charge in [0.25, 0.3) is 0 Å². The Morgan fingerprint density at radius 2 is 2.23 bits per heavy atom. The lowest BCUT2D eigenvalue weighted by atomic mass is 9.95. The first kappa shape index (κ1) is 18.8. The lowest BCUT2D eigenvalue weighted by molar-refractivity contribution is 0.199. The molecule has 4 heterocycles. The number of aromatic nitrogens is 3. The fraction of sp³-hybridized carbons (Fsp3) is 0.261. The highest BCUT2D eigenvalue weighted by molar-refractivity contribution is 7.13. The SMILES string of the molecule is N#Cc1ccc(Nc2nc([C@@H]3CCCN(Cc4ccc5[nH]ccc5c4)C3)cs2)cn1. The molecule has 0 radical (unpaired) electrons. The van der Waals surface area contributed by atoms with E-state index in [9.17, 15) is 0 Å². The average Bonchev–Trinajstić information content (AvgIpc) is 3.44. The second kappa shape index (κ2) is 8.27. The summed E-state index contributed by atoms with van der Waals surface area (Å²) < 4.78 is 0. The van der Waals surface area contributed by atoms with Crippen LogP contribution in [0.5, 0.6) is 0 Å². The normalized spacial score (nSPS) is 17.1. The molecule has 0 aliphatic carbocycles. The van der Waals surface area contributed by atoms with Crippen LogP contribution in [0.4, 0.5) is 10.8 Å². The van der Waals surface area contributed by atoms with E-state index in [1.54, 1.807) is 23.6 Å². The van der Waals surface area contributed by atoms with E-state index in [1.165, 1.54) is 29.3 Å². The van der Waals surface area contributed by atoms with Gasteiger partial charge in [0.2, 0.25) is 0 Å². The van der Waals surface area contributed by atoms with E-state index >= 15 is 0 Å². The van der Waals surface area contributed by atoms with Crippen molar-refractivity contribution in [3.05, 3.63) is 71.1 Å². The number of hydrogen-bond donors (Lipinski definition) is 2. The Morgan fingerprint density at radius 1 is 1.27 bits per heavy atom. The zero-order valence-corrected chi connectivity index (χ0v) is 17.3. The highest BCUT2D eigenvalue weighted by Gasteiger charge is 2.23. The Balaban J connectivity index is 1.24. The molecular weight excluding hydrogens is 392 g/mol. The topological polar surface area (TPSA) is 80.6 Å². The molecule has 1 fully saturated rings. The summed E-state index contributed by atoms with van der Waals surface area (Å²) in [6, 6.07) is 14.4. The summed E-state index contributed by atoms with van der Waals surface area (Å²) in [7, 11) is 0. The Morgan fingerprint density at radius 3 is 3.10 bits per heavy atom. The molecule has 0 spiro atoms. The number of H-pyrrole nitrogens is 1. The van der Waals surface area contributed by atoms with Crippen LogP contribution in [0, 0.1) is 11.3 Å². The molecule has 1 aliphatic heterocycles. The van der Waals surface area contributed by atoms with Gasteiger partial charge in [-0.2, -0.15) is 5.26 Å². The quantitative estimate of drug-likeness (QED) is 0.480. The van der Waals surface area contributed by atoms with Crippen LogP contribution in [0.1, 0.15) is 35.7 Å². The smallest absolute Gasteiger partial charge is 0.187 e. The van der Waals surface area contributed by atoms with Crippen LogP contribution in [0.2, 0.25) is 0 Å². The van der Waals surface area contributed by atoms with E-state index in [2.05, 4.69) is 49.8 Å². The van der Waals surface area contributed by atoms with Crippen LogP contribution in [-0.4, -0.2) is 32.9 Å². The predicted octanol–water partition coefficient (Wildman–Crippen LogP) is 5.01. The van der Waals surface area contributed by atoms with Crippen molar-refractivity contribution in [3.63, 3.8) is 0 Å². The molecule has 2 N–H and O–H groups in total. The van der Waals surface area contributed by atoms with E-state index in [1.807, 2.05) is 18.3 Å². The summed E-state index contributed by atoms with van der Waals surface area (Å²) in [5.74, 6) is 0.459. The number of anilines is 2. The van der Waals surface area contributed by atoms with Crippen molar-refractivity contribution in [1.82, 2.24) is 19.9 Å². The van der Waals surface area contributed by atoms with E-state index in [0.29, 0.717) is 11.6 Å². The van der Waals surface area contributed by atoms with Gasteiger partial charge in [-0.05, 0) is 60.7 Å². The molecule has 6 nitrogen and oxygen atoms in total. The van der Waals surface area contributed by atoms with Crippen molar-refractivity contribution in [2.45, 2.75) is 25.3 Å². The Bertz CT molecular complexity index is 1190. The molecule has 150 valence electrons. The number of nitrogens with one attached hydrogen (secondary N) is 2. The van der Waals surface area contributed by atoms with Gasteiger partial charge in [-0.3, -0.25) is 4.90 Å². The molecule has 30 heavy (non-hydrogen) atoms. The summed E-state index contributed by atoms with van der Waals surface area (Å²) in [4.78, 5) is 14.7. The second-order valence-corrected chi connectivity index (χ2v) is 8.58. The number of aromatic amines is 1. The summed E-state index contributed by atoms with van der Waals surface area (Å²) in [5.41, 5.74) is 4.97. The first-order chi connectivity index (χ1) is 14.8. The van der Waals surface area contributed by atoms with E-state index in [-0.39, 0.29) is 0 Å². The number of rotatable bonds is 5. The molecule has 0 bridgehead atoms. The summed E-state index contributed by atoms with van der Waals surface area (Å²) in [6.07, 6.45) is 6.03. The molecule has 3 aromatic heterocycles. The molecule has 1 aromatic carbocycles. The minimum Gasteiger partial charge on any atom is -0.361 e. The number of hydrogen-bond acceptors (Lipinski definition) is 6. The van der Waals surface area contributed by atoms with Gasteiger partial charge in [-0.15, -0.1) is 11.3 Å². The molecule has 0 unspecified atom stereocenters. The van der Waals surface area contributed by atoms with Crippen molar-refractivity contribution >= 4 is 33.1 Å². The lowest BCUT2D eigenvalue weighted by Crippen LogP contribution is -2.34. The number of thiazole rings is 1. The number of likely N-dealkylation sites (tertiary alicyclic amines) is 1. The standard InChI is InChI=1S/C23H22N6S/c24-11-19-4-5-20(12-26-19)27-23-28-22(15-30-23)18-2-1-9-29(14-18)13-16-3-6-21-17(10-16)7-8-25-21/h3-8,10,12,15,18,25H,1-2,9,13-14H2,(H,27,28)/t18-/m1/s1. The van der Waals surface area contributed by atoms with Gasteiger partial charge in [0.15, 0.2) is 5.13 Å². The van der Waals surface area contributed by atoms with Gasteiger partial charge in [0.05, 0.1) is 17.6 Å². The largest absolute Gasteiger partial charge is 0.361 e. The Hall–Kier alpha value is -3.21. The maximum atomic E-state index is 8.87. The number of nitrogens with zero attached hydrogens (tertiary/aromatic N) is 4. The van der Waals surface area contributed by atoms with E-state index < -0.39 is 0 Å². The van der Waals surface area contributed by atoms with Crippen molar-refractivity contribution in [3.8, 4) is 6.07 Å². The molecule has 1 saturated heterocycles. The molecule has 1 aliphatic rings. The third kappa shape index (κ3) is 4.06. The van der Waals surface area contributed by atoms with Gasteiger partial charge in [0.1, 0.15) is 11.8 Å². The van der Waals surface area contributed by atoms with Crippen LogP contribution in [0.3, 0.4) is 0 Å². The maximum absolute atomic E-state index is 8.87. The minimum absolute atomic E-state index is 0.415. The molecule has 4 aromatic rings. The lowest BCUT2D eigenvalue weighted by Gasteiger charge is -2.32. The maximum Gasteiger partial charge on any atom is 0.187 e. The Kier molecular flexibility index (Phi) is 5.18. The molecule has 7 heteroatoms. The van der Waals surface area contributed by atoms with Gasteiger partial charge in [-0.1, -0.05) is 6.07 Å². The molecule has 0 amide bonds. The highest BCUT2D eigenvalue weighted by Crippen LogP contribution is 2.31. The fourth-order valence-corrected chi connectivity index (χ4v) is 4.90. The van der Waals surface area contributed by atoms with Crippen molar-refractivity contribution in [2.75, 3.05) is 18.4 Å². The third-order valence-corrected chi connectivity index (χ3v) is 6.37. The average molecular weight is 415 g/mol. The number of piperidine rings is 1. The van der Waals surface area contributed by atoms with E-state index in [0.717, 1.165) is 36.1 Å². The van der Waals surface area contributed by atoms with E-state index in [4.69, 9.17) is 10.2 Å². The number of pyridine rings is 1. The van der Waals surface area contributed by atoms with Gasteiger partial charge in [-0.25, -0.2) is 9.97 Å². The van der Waals surface area contributed by atoms with Gasteiger partial charge < -0.3 is 10.3 Å². The van der Waals surface area contributed by atoms with Crippen molar-refractivity contribution in [2.24, 2.45) is 0 Å². The first-order valence-electron chi connectivity index (χ1n) is 10.1. The fourth-order valence-electron chi connectivity index (χ4n) is 4.09. The summed E-state index contributed by atoms with van der Waals surface area (Å²) in [5, 5.41) is 16.5. The van der Waals surface area contributed by atoms with Crippen LogP contribution < -0.4 is 5.32 Å². The summed E-state index contributed by atoms with van der Waals surface area (Å²) >= 11 is 1.62. The first-order valence-corrected chi connectivity index (χ1v) is 11.0. The monoisotopic (exact) mass is 414 g/mol. The van der Waals surface area contributed by atoms with Crippen LogP contribution >= 0.6 is 11.3 Å². The van der Waals surface area contributed by atoms with Crippen LogP contribution in [0.25, 0.3) is 10.9 Å². The molecular formula is C23H22N6S. The molecule has 0 saturated carbocycles. The zero-order valence-electron chi connectivity index (χ0n) is 16.5. The third-order valence-electron chi connectivity index (χ3n) is 5.60. The molecule has 5 rings (SSSR count). The number of fused-ring (bicyclic) bond motifs is 1. The van der Waals surface area contributed by atoms with Crippen LogP contribution in [0.15, 0.2) is 54.2 Å². The van der Waals surface area contributed by atoms with Crippen LogP contribution in [-0.2, 0) is 6.54 Å². The van der Waals surface area contributed by atoms with Gasteiger partial charge in [0, 0.05) is 36.1 Å². The minimum atomic E-state index is 0.415.